The van der Waals surface area contributed by atoms with Gasteiger partial charge in [-0.3, -0.25) is 0 Å². The summed E-state index contributed by atoms with van der Waals surface area (Å²) >= 11 is 5.89. The fourth-order valence-electron chi connectivity index (χ4n) is 1.85. The van der Waals surface area contributed by atoms with E-state index in [-0.39, 0.29) is 12.1 Å². The molecule has 1 aromatic rings. The fourth-order valence-corrected chi connectivity index (χ4v) is 2.02. The topological polar surface area (TPSA) is 58.3 Å². The molecule has 1 fully saturated rings. The van der Waals surface area contributed by atoms with E-state index in [1.54, 1.807) is 18.2 Å². The first-order valence-electron chi connectivity index (χ1n) is 5.09. The van der Waals surface area contributed by atoms with E-state index in [0.29, 0.717) is 10.7 Å². The van der Waals surface area contributed by atoms with Crippen LogP contribution < -0.4 is 11.1 Å². The maximum atomic E-state index is 9.32. The Balaban J connectivity index is 2.19. The largest absolute Gasteiger partial charge is 0.397 e. The van der Waals surface area contributed by atoms with Crippen LogP contribution in [0.1, 0.15) is 19.3 Å². The summed E-state index contributed by atoms with van der Waals surface area (Å²) in [5.74, 6) is 0. The highest BCUT2D eigenvalue weighted by Crippen LogP contribution is 2.37. The standard InChI is InChI=1S/C11H15ClN2O/c12-8-2-3-9(13)10(6-8)14-11(7-15)4-1-5-11/h2-3,6,14-15H,1,4-5,7,13H2. The van der Waals surface area contributed by atoms with Crippen molar-refractivity contribution in [3.63, 3.8) is 0 Å². The Morgan fingerprint density at radius 3 is 2.73 bits per heavy atom. The highest BCUT2D eigenvalue weighted by molar-refractivity contribution is 6.31. The van der Waals surface area contributed by atoms with Crippen molar-refractivity contribution in [1.29, 1.82) is 0 Å². The lowest BCUT2D eigenvalue weighted by Crippen LogP contribution is -2.48. The maximum absolute atomic E-state index is 9.32. The van der Waals surface area contributed by atoms with Crippen molar-refractivity contribution in [3.8, 4) is 0 Å². The molecule has 0 amide bonds. The number of halogens is 1. The molecule has 1 aliphatic rings. The molecular weight excluding hydrogens is 212 g/mol. The summed E-state index contributed by atoms with van der Waals surface area (Å²) in [6.07, 6.45) is 3.11. The molecule has 1 saturated carbocycles. The zero-order valence-corrected chi connectivity index (χ0v) is 9.22. The van der Waals surface area contributed by atoms with Crippen molar-refractivity contribution in [2.45, 2.75) is 24.8 Å². The van der Waals surface area contributed by atoms with Gasteiger partial charge in [0, 0.05) is 5.02 Å². The number of nitrogen functional groups attached to an aromatic ring is 1. The molecule has 0 heterocycles. The van der Waals surface area contributed by atoms with Gasteiger partial charge in [0.2, 0.25) is 0 Å². The summed E-state index contributed by atoms with van der Waals surface area (Å²) in [7, 11) is 0. The van der Waals surface area contributed by atoms with Gasteiger partial charge >= 0.3 is 0 Å². The molecule has 1 aliphatic carbocycles. The number of hydrogen-bond acceptors (Lipinski definition) is 3. The van der Waals surface area contributed by atoms with E-state index in [2.05, 4.69) is 5.32 Å². The van der Waals surface area contributed by atoms with Gasteiger partial charge in [-0.05, 0) is 37.5 Å². The fraction of sp³-hybridized carbons (Fsp3) is 0.455. The number of aliphatic hydroxyl groups is 1. The first-order valence-corrected chi connectivity index (χ1v) is 5.47. The van der Waals surface area contributed by atoms with Gasteiger partial charge in [0.1, 0.15) is 0 Å². The number of nitrogens with two attached hydrogens (primary N) is 1. The van der Waals surface area contributed by atoms with E-state index in [0.717, 1.165) is 24.9 Å². The Hall–Kier alpha value is -0.930. The molecule has 2 rings (SSSR count). The lowest BCUT2D eigenvalue weighted by Gasteiger charge is -2.42. The van der Waals surface area contributed by atoms with Gasteiger partial charge in [0.05, 0.1) is 23.5 Å². The van der Waals surface area contributed by atoms with Crippen LogP contribution >= 0.6 is 11.6 Å². The van der Waals surface area contributed by atoms with Gasteiger partial charge < -0.3 is 16.2 Å². The van der Waals surface area contributed by atoms with Gasteiger partial charge in [-0.2, -0.15) is 0 Å². The number of anilines is 2. The smallest absolute Gasteiger partial charge is 0.0661 e. The lowest BCUT2D eigenvalue weighted by molar-refractivity contribution is 0.144. The number of aliphatic hydroxyl groups excluding tert-OH is 1. The molecule has 4 N–H and O–H groups in total. The average molecular weight is 227 g/mol. The van der Waals surface area contributed by atoms with Crippen molar-refractivity contribution in [1.82, 2.24) is 0 Å². The van der Waals surface area contributed by atoms with Crippen molar-refractivity contribution >= 4 is 23.0 Å². The summed E-state index contributed by atoms with van der Waals surface area (Å²) in [5.41, 5.74) is 7.13. The van der Waals surface area contributed by atoms with Crippen LogP contribution in [-0.4, -0.2) is 17.3 Å². The Bertz CT molecular complexity index is 358. The molecule has 3 nitrogen and oxygen atoms in total. The van der Waals surface area contributed by atoms with Crippen LogP contribution in [0.4, 0.5) is 11.4 Å². The Labute approximate surface area is 94.2 Å². The monoisotopic (exact) mass is 226 g/mol. The highest BCUT2D eigenvalue weighted by atomic mass is 35.5. The molecule has 4 heteroatoms. The predicted octanol–water partition coefficient (Wildman–Crippen LogP) is 2.25. The van der Waals surface area contributed by atoms with Crippen LogP contribution in [0.5, 0.6) is 0 Å². The Kier molecular flexibility index (Phi) is 2.76. The van der Waals surface area contributed by atoms with Crippen LogP contribution in [0.25, 0.3) is 0 Å². The molecule has 0 bridgehead atoms. The Morgan fingerprint density at radius 2 is 2.20 bits per heavy atom. The number of rotatable bonds is 3. The second-order valence-corrected chi connectivity index (χ2v) is 4.59. The van der Waals surface area contributed by atoms with Gasteiger partial charge in [0.15, 0.2) is 0 Å². The predicted molar refractivity (Wildman–Crippen MR) is 63.2 cm³/mol. The molecule has 82 valence electrons. The van der Waals surface area contributed by atoms with Crippen molar-refractivity contribution in [3.05, 3.63) is 23.2 Å². The van der Waals surface area contributed by atoms with Crippen molar-refractivity contribution in [2.24, 2.45) is 0 Å². The minimum atomic E-state index is -0.182. The number of hydrogen-bond donors (Lipinski definition) is 3. The van der Waals surface area contributed by atoms with E-state index in [1.807, 2.05) is 0 Å². The zero-order chi connectivity index (χ0) is 10.9. The third-order valence-corrected chi connectivity index (χ3v) is 3.26. The quantitative estimate of drug-likeness (QED) is 0.693. The van der Waals surface area contributed by atoms with Crippen molar-refractivity contribution in [2.75, 3.05) is 17.7 Å². The van der Waals surface area contributed by atoms with Gasteiger partial charge in [-0.15, -0.1) is 0 Å². The molecule has 0 saturated heterocycles. The number of nitrogens with one attached hydrogen (secondary N) is 1. The molecule has 0 spiro atoms. The molecule has 0 unspecified atom stereocenters. The maximum Gasteiger partial charge on any atom is 0.0661 e. The van der Waals surface area contributed by atoms with Gasteiger partial charge in [0.25, 0.3) is 0 Å². The molecule has 0 atom stereocenters. The van der Waals surface area contributed by atoms with Crippen LogP contribution in [-0.2, 0) is 0 Å². The van der Waals surface area contributed by atoms with Crippen LogP contribution in [0.2, 0.25) is 5.02 Å². The summed E-state index contributed by atoms with van der Waals surface area (Å²) in [6, 6.07) is 5.33. The normalized spacial score (nSPS) is 18.3. The first kappa shape index (κ1) is 10.6. The molecule has 1 aromatic carbocycles. The minimum Gasteiger partial charge on any atom is -0.397 e. The summed E-state index contributed by atoms with van der Waals surface area (Å²) in [5, 5.41) is 13.3. The third-order valence-electron chi connectivity index (χ3n) is 3.03. The highest BCUT2D eigenvalue weighted by Gasteiger charge is 2.36. The van der Waals surface area contributed by atoms with Crippen molar-refractivity contribution < 1.29 is 5.11 Å². The lowest BCUT2D eigenvalue weighted by atomic mass is 9.77. The second-order valence-electron chi connectivity index (χ2n) is 4.15. The van der Waals surface area contributed by atoms with E-state index in [1.165, 1.54) is 0 Å². The van der Waals surface area contributed by atoms with E-state index in [9.17, 15) is 5.11 Å². The van der Waals surface area contributed by atoms with Gasteiger partial charge in [-0.1, -0.05) is 11.6 Å². The third kappa shape index (κ3) is 2.03. The summed E-state index contributed by atoms with van der Waals surface area (Å²) in [6.45, 7) is 0.138. The molecule has 0 radical (unpaired) electrons. The average Bonchev–Trinajstić information content (AvgIpc) is 2.17. The van der Waals surface area contributed by atoms with Crippen LogP contribution in [0.3, 0.4) is 0 Å². The first-order chi connectivity index (χ1) is 7.15. The molecular formula is C11H15ClN2O. The molecule has 0 aliphatic heterocycles. The van der Waals surface area contributed by atoms with E-state index in [4.69, 9.17) is 17.3 Å². The summed E-state index contributed by atoms with van der Waals surface area (Å²) < 4.78 is 0. The van der Waals surface area contributed by atoms with Crippen LogP contribution in [0, 0.1) is 0 Å². The van der Waals surface area contributed by atoms with E-state index >= 15 is 0 Å². The molecule has 15 heavy (non-hydrogen) atoms. The minimum absolute atomic E-state index is 0.138. The van der Waals surface area contributed by atoms with E-state index < -0.39 is 0 Å². The Morgan fingerprint density at radius 1 is 1.47 bits per heavy atom. The van der Waals surface area contributed by atoms with Crippen LogP contribution in [0.15, 0.2) is 18.2 Å². The van der Waals surface area contributed by atoms with Gasteiger partial charge in [-0.25, -0.2) is 0 Å². The zero-order valence-electron chi connectivity index (χ0n) is 8.46. The molecule has 0 aromatic heterocycles. The SMILES string of the molecule is Nc1ccc(Cl)cc1NC1(CO)CCC1. The second kappa shape index (κ2) is 3.91. The number of benzene rings is 1. The summed E-state index contributed by atoms with van der Waals surface area (Å²) in [4.78, 5) is 0.